The zero-order chi connectivity index (χ0) is 23.3. The van der Waals surface area contributed by atoms with Crippen LogP contribution in [0.2, 0.25) is 10.0 Å². The van der Waals surface area contributed by atoms with E-state index in [9.17, 15) is 19.7 Å². The van der Waals surface area contributed by atoms with Crippen LogP contribution in [0, 0.1) is 16.0 Å². The van der Waals surface area contributed by atoms with Crippen LogP contribution in [0.15, 0.2) is 72.8 Å². The minimum absolute atomic E-state index is 0.155. The molecule has 5 rings (SSSR count). The number of anilines is 2. The largest absolute Gasteiger partial charge is 0.273 e. The summed E-state index contributed by atoms with van der Waals surface area (Å²) in [4.78, 5) is 44.7. The van der Waals surface area contributed by atoms with Gasteiger partial charge in [-0.1, -0.05) is 53.5 Å². The zero-order valence-electron chi connectivity index (χ0n) is 16.8. The first-order valence-corrected chi connectivity index (χ1v) is 10.7. The van der Waals surface area contributed by atoms with E-state index >= 15 is 0 Å². The molecule has 166 valence electrons. The number of benzene rings is 3. The molecular weight excluding hydrogens is 469 g/mol. The molecule has 0 radical (unpaired) electrons. The SMILES string of the molecule is O=C1[C@H]2[C@H](ON(c3cccc([N+](=O)[O-])c3)[C@H]2c2ccc(Cl)cc2Cl)C(=O)N1c1ccccc1. The molecule has 0 unspecified atom stereocenters. The van der Waals surface area contributed by atoms with Crippen molar-refractivity contribution in [1.29, 1.82) is 0 Å². The van der Waals surface area contributed by atoms with Crippen molar-refractivity contribution in [3.8, 4) is 0 Å². The number of nitro benzene ring substituents is 1. The van der Waals surface area contributed by atoms with Gasteiger partial charge in [-0.3, -0.25) is 24.5 Å². The maximum Gasteiger partial charge on any atom is 0.271 e. The summed E-state index contributed by atoms with van der Waals surface area (Å²) >= 11 is 12.6. The second kappa shape index (κ2) is 8.15. The highest BCUT2D eigenvalue weighted by molar-refractivity contribution is 6.35. The lowest BCUT2D eigenvalue weighted by Crippen LogP contribution is -2.37. The Bertz CT molecular complexity index is 1290. The number of non-ortho nitro benzene ring substituents is 1. The second-order valence-electron chi connectivity index (χ2n) is 7.61. The van der Waals surface area contributed by atoms with Crippen LogP contribution in [0.4, 0.5) is 17.1 Å². The van der Waals surface area contributed by atoms with Gasteiger partial charge in [0.05, 0.1) is 22.3 Å². The summed E-state index contributed by atoms with van der Waals surface area (Å²) in [5.74, 6) is -1.88. The van der Waals surface area contributed by atoms with Crippen LogP contribution in [0.5, 0.6) is 0 Å². The van der Waals surface area contributed by atoms with Crippen molar-refractivity contribution in [3.63, 3.8) is 0 Å². The van der Waals surface area contributed by atoms with Gasteiger partial charge in [-0.05, 0) is 35.9 Å². The summed E-state index contributed by atoms with van der Waals surface area (Å²) in [6, 6.07) is 18.4. The molecule has 2 saturated heterocycles. The van der Waals surface area contributed by atoms with Gasteiger partial charge < -0.3 is 0 Å². The van der Waals surface area contributed by atoms with Gasteiger partial charge in [-0.15, -0.1) is 0 Å². The summed E-state index contributed by atoms with van der Waals surface area (Å²) < 4.78 is 0. The molecule has 2 amide bonds. The van der Waals surface area contributed by atoms with Gasteiger partial charge in [0.25, 0.3) is 11.6 Å². The molecular formula is C23H15Cl2N3O5. The van der Waals surface area contributed by atoms with Gasteiger partial charge >= 0.3 is 0 Å². The van der Waals surface area contributed by atoms with Gasteiger partial charge in [-0.2, -0.15) is 0 Å². The molecule has 2 heterocycles. The number of hydrogen-bond donors (Lipinski definition) is 0. The number of rotatable bonds is 4. The number of amides is 2. The predicted octanol–water partition coefficient (Wildman–Crippen LogP) is 4.95. The Labute approximate surface area is 198 Å². The van der Waals surface area contributed by atoms with E-state index in [1.807, 2.05) is 0 Å². The molecule has 2 aliphatic rings. The van der Waals surface area contributed by atoms with E-state index in [0.29, 0.717) is 22.0 Å². The predicted molar refractivity (Wildman–Crippen MR) is 122 cm³/mol. The van der Waals surface area contributed by atoms with E-state index < -0.39 is 34.8 Å². The van der Waals surface area contributed by atoms with Crippen LogP contribution in [-0.4, -0.2) is 22.8 Å². The van der Waals surface area contributed by atoms with Crippen molar-refractivity contribution in [2.75, 3.05) is 9.96 Å². The van der Waals surface area contributed by atoms with Crippen LogP contribution >= 0.6 is 23.2 Å². The van der Waals surface area contributed by atoms with E-state index in [1.165, 1.54) is 29.3 Å². The maximum absolute atomic E-state index is 13.5. The fourth-order valence-corrected chi connectivity index (χ4v) is 4.79. The number of para-hydroxylation sites is 1. The average molecular weight is 484 g/mol. The third kappa shape index (κ3) is 3.52. The molecule has 10 heteroatoms. The van der Waals surface area contributed by atoms with E-state index in [4.69, 9.17) is 28.0 Å². The molecule has 33 heavy (non-hydrogen) atoms. The number of carbonyl (C=O) groups excluding carboxylic acids is 2. The first kappa shape index (κ1) is 21.4. The summed E-state index contributed by atoms with van der Waals surface area (Å²) in [7, 11) is 0. The number of nitro groups is 1. The van der Waals surface area contributed by atoms with Crippen LogP contribution in [0.25, 0.3) is 0 Å². The summed E-state index contributed by atoms with van der Waals surface area (Å²) in [6.07, 6.45) is -1.12. The monoisotopic (exact) mass is 483 g/mol. The standard InChI is InChI=1S/C23H15Cl2N3O5/c24-13-9-10-17(18(25)11-13)20-19-21(23(30)26(22(19)29)14-5-2-1-3-6-14)33-27(20)15-7-4-8-16(12-15)28(31)32/h1-12,19-21H/t19-,20+,21+/m1/s1. The molecule has 3 aromatic rings. The first-order valence-electron chi connectivity index (χ1n) is 9.95. The van der Waals surface area contributed by atoms with Crippen molar-refractivity contribution in [3.05, 3.63) is 98.5 Å². The molecule has 2 fully saturated rings. The number of fused-ring (bicyclic) bond motifs is 1. The van der Waals surface area contributed by atoms with Gasteiger partial charge in [0, 0.05) is 22.2 Å². The molecule has 3 atom stereocenters. The molecule has 0 aromatic heterocycles. The average Bonchev–Trinajstić information content (AvgIpc) is 3.30. The van der Waals surface area contributed by atoms with Gasteiger partial charge in [-0.25, -0.2) is 9.96 Å². The maximum atomic E-state index is 13.5. The molecule has 0 aliphatic carbocycles. The molecule has 0 N–H and O–H groups in total. The topological polar surface area (TPSA) is 93.0 Å². The fourth-order valence-electron chi connectivity index (χ4n) is 4.27. The minimum atomic E-state index is -1.12. The van der Waals surface area contributed by atoms with E-state index in [1.54, 1.807) is 48.5 Å². The number of carbonyl (C=O) groups is 2. The number of nitrogens with zero attached hydrogens (tertiary/aromatic N) is 3. The number of imide groups is 1. The highest BCUT2D eigenvalue weighted by Gasteiger charge is 2.60. The fraction of sp³-hybridized carbons (Fsp3) is 0.130. The Hall–Kier alpha value is -3.46. The summed E-state index contributed by atoms with van der Waals surface area (Å²) in [5.41, 5.74) is 1.11. The lowest BCUT2D eigenvalue weighted by atomic mass is 9.90. The van der Waals surface area contributed by atoms with Gasteiger partial charge in [0.15, 0.2) is 6.10 Å². The molecule has 0 bridgehead atoms. The van der Waals surface area contributed by atoms with Crippen LogP contribution in [-0.2, 0) is 14.4 Å². The molecule has 0 spiro atoms. The van der Waals surface area contributed by atoms with E-state index in [0.717, 1.165) is 4.90 Å². The Morgan fingerprint density at radius 2 is 1.61 bits per heavy atom. The first-order chi connectivity index (χ1) is 15.9. The van der Waals surface area contributed by atoms with Crippen molar-refractivity contribution in [2.45, 2.75) is 12.1 Å². The third-order valence-corrected chi connectivity index (χ3v) is 6.27. The van der Waals surface area contributed by atoms with Crippen LogP contribution < -0.4 is 9.96 Å². The molecule has 0 saturated carbocycles. The minimum Gasteiger partial charge on any atom is -0.273 e. The quantitative estimate of drug-likeness (QED) is 0.296. The van der Waals surface area contributed by atoms with E-state index in [-0.39, 0.29) is 10.7 Å². The number of halogens is 2. The van der Waals surface area contributed by atoms with Crippen molar-refractivity contribution in [1.82, 2.24) is 0 Å². The smallest absolute Gasteiger partial charge is 0.271 e. The Morgan fingerprint density at radius 3 is 2.30 bits per heavy atom. The Morgan fingerprint density at radius 1 is 0.879 bits per heavy atom. The van der Waals surface area contributed by atoms with Crippen molar-refractivity contribution in [2.24, 2.45) is 5.92 Å². The van der Waals surface area contributed by atoms with E-state index in [2.05, 4.69) is 0 Å². The molecule has 8 nitrogen and oxygen atoms in total. The molecule has 3 aromatic carbocycles. The van der Waals surface area contributed by atoms with Gasteiger partial charge in [0.1, 0.15) is 5.92 Å². The summed E-state index contributed by atoms with van der Waals surface area (Å²) in [6.45, 7) is 0. The second-order valence-corrected chi connectivity index (χ2v) is 8.46. The zero-order valence-corrected chi connectivity index (χ0v) is 18.3. The van der Waals surface area contributed by atoms with Crippen molar-refractivity contribution >= 4 is 52.1 Å². The normalized spacial score (nSPS) is 22.1. The number of hydrogen-bond acceptors (Lipinski definition) is 6. The van der Waals surface area contributed by atoms with Crippen molar-refractivity contribution < 1.29 is 19.3 Å². The lowest BCUT2D eigenvalue weighted by Gasteiger charge is -2.29. The lowest BCUT2D eigenvalue weighted by molar-refractivity contribution is -0.384. The van der Waals surface area contributed by atoms with Crippen LogP contribution in [0.1, 0.15) is 11.6 Å². The third-order valence-electron chi connectivity index (χ3n) is 5.71. The number of hydroxylamine groups is 1. The summed E-state index contributed by atoms with van der Waals surface area (Å²) in [5, 5.41) is 13.3. The Balaban J connectivity index is 1.63. The van der Waals surface area contributed by atoms with Crippen LogP contribution in [0.3, 0.4) is 0 Å². The highest BCUT2D eigenvalue weighted by atomic mass is 35.5. The molecule has 2 aliphatic heterocycles. The highest BCUT2D eigenvalue weighted by Crippen LogP contribution is 2.49. The Kier molecular flexibility index (Phi) is 5.28. The van der Waals surface area contributed by atoms with Gasteiger partial charge in [0.2, 0.25) is 5.91 Å².